The summed E-state index contributed by atoms with van der Waals surface area (Å²) in [6.45, 7) is 0. The minimum Gasteiger partial charge on any atom is -0.309 e. The van der Waals surface area contributed by atoms with Crippen molar-refractivity contribution in [3.05, 3.63) is 164 Å². The minimum absolute atomic E-state index is 1.13. The van der Waals surface area contributed by atoms with Gasteiger partial charge in [-0.05, 0) is 68.2 Å². The van der Waals surface area contributed by atoms with E-state index in [9.17, 15) is 0 Å². The van der Waals surface area contributed by atoms with E-state index in [4.69, 9.17) is 0 Å². The number of benzene rings is 8. The Labute approximate surface area is 239 Å². The average Bonchev–Trinajstić information content (AvgIpc) is 3.04. The summed E-state index contributed by atoms with van der Waals surface area (Å²) in [5.74, 6) is 0. The summed E-state index contributed by atoms with van der Waals surface area (Å²) in [6.07, 6.45) is 0. The van der Waals surface area contributed by atoms with Gasteiger partial charge in [-0.25, -0.2) is 0 Å². The van der Waals surface area contributed by atoms with Gasteiger partial charge < -0.3 is 4.90 Å². The standard InChI is InChI=1S/C40H27N/c1-2-17-34(18-3-1)41(40-36-20-10-7-15-31(36)27-32-16-8-11-21-37(32)40)38-25-24-29-13-6-9-19-35(29)39(38)33-23-22-28-12-4-5-14-30(28)26-33/h1-27H. The number of hydrogen-bond donors (Lipinski definition) is 0. The van der Waals surface area contributed by atoms with Crippen molar-refractivity contribution in [3.8, 4) is 11.1 Å². The zero-order chi connectivity index (χ0) is 27.2. The molecule has 0 fully saturated rings. The molecule has 0 aliphatic heterocycles. The second-order valence-electron chi connectivity index (χ2n) is 10.6. The summed E-state index contributed by atoms with van der Waals surface area (Å²) in [5, 5.41) is 9.88. The molecule has 8 rings (SSSR count). The van der Waals surface area contributed by atoms with Crippen molar-refractivity contribution in [1.29, 1.82) is 0 Å². The molecule has 8 aromatic rings. The first-order valence-corrected chi connectivity index (χ1v) is 14.1. The molecular formula is C40H27N. The van der Waals surface area contributed by atoms with Crippen molar-refractivity contribution in [2.75, 3.05) is 4.90 Å². The van der Waals surface area contributed by atoms with Crippen LogP contribution in [0, 0.1) is 0 Å². The number of hydrogen-bond acceptors (Lipinski definition) is 1. The van der Waals surface area contributed by atoms with Crippen LogP contribution >= 0.6 is 0 Å². The Bertz CT molecular complexity index is 2160. The maximum absolute atomic E-state index is 2.47. The van der Waals surface area contributed by atoms with Gasteiger partial charge in [0, 0.05) is 22.0 Å². The fourth-order valence-electron chi connectivity index (χ4n) is 6.29. The monoisotopic (exact) mass is 521 g/mol. The van der Waals surface area contributed by atoms with Gasteiger partial charge >= 0.3 is 0 Å². The lowest BCUT2D eigenvalue weighted by molar-refractivity contribution is 1.32. The van der Waals surface area contributed by atoms with Gasteiger partial charge in [-0.2, -0.15) is 0 Å². The molecule has 41 heavy (non-hydrogen) atoms. The number of anilines is 3. The van der Waals surface area contributed by atoms with Crippen LogP contribution in [0.25, 0.3) is 54.2 Å². The summed E-state index contributed by atoms with van der Waals surface area (Å²) in [4.78, 5) is 2.47. The van der Waals surface area contributed by atoms with Crippen molar-refractivity contribution in [1.82, 2.24) is 0 Å². The van der Waals surface area contributed by atoms with E-state index in [0.29, 0.717) is 0 Å². The van der Waals surface area contributed by atoms with E-state index < -0.39 is 0 Å². The minimum atomic E-state index is 1.13. The predicted octanol–water partition coefficient (Wildman–Crippen LogP) is 11.4. The Morgan fingerprint density at radius 1 is 0.341 bits per heavy atom. The highest BCUT2D eigenvalue weighted by molar-refractivity contribution is 6.16. The molecule has 0 aliphatic carbocycles. The van der Waals surface area contributed by atoms with Crippen LogP contribution in [0.2, 0.25) is 0 Å². The van der Waals surface area contributed by atoms with Crippen LogP contribution in [0.15, 0.2) is 164 Å². The topological polar surface area (TPSA) is 3.24 Å². The van der Waals surface area contributed by atoms with E-state index in [1.54, 1.807) is 0 Å². The highest BCUT2D eigenvalue weighted by atomic mass is 15.1. The van der Waals surface area contributed by atoms with Crippen LogP contribution in [0.1, 0.15) is 0 Å². The third-order valence-corrected chi connectivity index (χ3v) is 8.17. The van der Waals surface area contributed by atoms with Gasteiger partial charge in [0.1, 0.15) is 0 Å². The maximum atomic E-state index is 2.47. The van der Waals surface area contributed by atoms with Crippen molar-refractivity contribution >= 4 is 60.2 Å². The second kappa shape index (κ2) is 9.66. The molecule has 1 nitrogen and oxygen atoms in total. The average molecular weight is 522 g/mol. The van der Waals surface area contributed by atoms with Crippen LogP contribution < -0.4 is 4.90 Å². The van der Waals surface area contributed by atoms with E-state index in [-0.39, 0.29) is 0 Å². The molecule has 0 saturated heterocycles. The predicted molar refractivity (Wildman–Crippen MR) is 177 cm³/mol. The van der Waals surface area contributed by atoms with Gasteiger partial charge in [0.25, 0.3) is 0 Å². The summed E-state index contributed by atoms with van der Waals surface area (Å²) in [5.41, 5.74) is 5.93. The Balaban J connectivity index is 1.53. The number of para-hydroxylation sites is 1. The Kier molecular flexibility index (Phi) is 5.53. The molecule has 1 heteroatoms. The molecule has 0 spiro atoms. The van der Waals surface area contributed by atoms with E-state index in [1.807, 2.05) is 0 Å². The molecule has 192 valence electrons. The smallest absolute Gasteiger partial charge is 0.0618 e. The first-order chi connectivity index (χ1) is 20.3. The number of nitrogens with zero attached hydrogens (tertiary/aromatic N) is 1. The first-order valence-electron chi connectivity index (χ1n) is 14.1. The molecule has 0 amide bonds. The SMILES string of the molecule is c1ccc(N(c2ccc3ccccc3c2-c2ccc3ccccc3c2)c2c3ccccc3cc3ccccc23)cc1. The van der Waals surface area contributed by atoms with Crippen molar-refractivity contribution in [3.63, 3.8) is 0 Å². The zero-order valence-corrected chi connectivity index (χ0v) is 22.5. The molecule has 0 saturated carbocycles. The lowest BCUT2D eigenvalue weighted by Gasteiger charge is -2.31. The van der Waals surface area contributed by atoms with Crippen LogP contribution in [0.3, 0.4) is 0 Å². The summed E-state index contributed by atoms with van der Waals surface area (Å²) in [7, 11) is 0. The fourth-order valence-corrected chi connectivity index (χ4v) is 6.29. The molecule has 0 radical (unpaired) electrons. The third kappa shape index (κ3) is 3.94. The Morgan fingerprint density at radius 3 is 1.59 bits per heavy atom. The van der Waals surface area contributed by atoms with Crippen LogP contribution in [0.5, 0.6) is 0 Å². The number of rotatable bonds is 4. The van der Waals surface area contributed by atoms with Gasteiger partial charge in [-0.3, -0.25) is 0 Å². The molecule has 8 aromatic carbocycles. The normalized spacial score (nSPS) is 11.4. The van der Waals surface area contributed by atoms with E-state index >= 15 is 0 Å². The molecule has 0 atom stereocenters. The van der Waals surface area contributed by atoms with Gasteiger partial charge in [0.05, 0.1) is 11.4 Å². The molecule has 0 heterocycles. The van der Waals surface area contributed by atoms with E-state index in [0.717, 1.165) is 11.4 Å². The largest absolute Gasteiger partial charge is 0.309 e. The quantitative estimate of drug-likeness (QED) is 0.208. The van der Waals surface area contributed by atoms with E-state index in [2.05, 4.69) is 169 Å². The molecule has 0 aliphatic rings. The lowest BCUT2D eigenvalue weighted by Crippen LogP contribution is -2.12. The second-order valence-corrected chi connectivity index (χ2v) is 10.6. The van der Waals surface area contributed by atoms with Crippen molar-refractivity contribution in [2.24, 2.45) is 0 Å². The highest BCUT2D eigenvalue weighted by Gasteiger charge is 2.23. The summed E-state index contributed by atoms with van der Waals surface area (Å²) < 4.78 is 0. The number of fused-ring (bicyclic) bond motifs is 4. The van der Waals surface area contributed by atoms with Gasteiger partial charge in [0.15, 0.2) is 0 Å². The zero-order valence-electron chi connectivity index (χ0n) is 22.5. The Morgan fingerprint density at radius 2 is 0.878 bits per heavy atom. The summed E-state index contributed by atoms with van der Waals surface area (Å²) >= 11 is 0. The molecule has 0 aromatic heterocycles. The van der Waals surface area contributed by atoms with Crippen molar-refractivity contribution in [2.45, 2.75) is 0 Å². The molecule has 0 N–H and O–H groups in total. The lowest BCUT2D eigenvalue weighted by atomic mass is 9.92. The highest BCUT2D eigenvalue weighted by Crippen LogP contribution is 2.48. The van der Waals surface area contributed by atoms with Gasteiger partial charge in [0.2, 0.25) is 0 Å². The molecular weight excluding hydrogens is 494 g/mol. The maximum Gasteiger partial charge on any atom is 0.0618 e. The van der Waals surface area contributed by atoms with E-state index in [1.165, 1.54) is 59.9 Å². The van der Waals surface area contributed by atoms with Crippen LogP contribution in [0.4, 0.5) is 17.1 Å². The first kappa shape index (κ1) is 23.5. The summed E-state index contributed by atoms with van der Waals surface area (Å²) in [6, 6.07) is 59.4. The van der Waals surface area contributed by atoms with Gasteiger partial charge in [-0.1, -0.05) is 133 Å². The molecule has 0 unspecified atom stereocenters. The molecule has 0 bridgehead atoms. The van der Waals surface area contributed by atoms with Crippen LogP contribution in [-0.4, -0.2) is 0 Å². The third-order valence-electron chi connectivity index (χ3n) is 8.17. The van der Waals surface area contributed by atoms with Gasteiger partial charge in [-0.15, -0.1) is 0 Å². The van der Waals surface area contributed by atoms with Crippen LogP contribution in [-0.2, 0) is 0 Å². The fraction of sp³-hybridized carbons (Fsp3) is 0. The van der Waals surface area contributed by atoms with Crippen molar-refractivity contribution < 1.29 is 0 Å². The Hall–Kier alpha value is -5.40.